The van der Waals surface area contributed by atoms with Crippen molar-refractivity contribution < 1.29 is 9.59 Å². The van der Waals surface area contributed by atoms with Gasteiger partial charge in [-0.1, -0.05) is 29.8 Å². The number of thioether (sulfide) groups is 1. The Morgan fingerprint density at radius 2 is 1.87 bits per heavy atom. The molecule has 2 aromatic rings. The third kappa shape index (κ3) is 5.62. The number of hydrogen-bond acceptors (Lipinski definition) is 3. The van der Waals surface area contributed by atoms with Crippen LogP contribution in [0.5, 0.6) is 0 Å². The van der Waals surface area contributed by atoms with Gasteiger partial charge in [0.2, 0.25) is 5.91 Å². The quantitative estimate of drug-likeness (QED) is 0.839. The zero-order valence-corrected chi connectivity index (χ0v) is 14.2. The van der Waals surface area contributed by atoms with Gasteiger partial charge in [0, 0.05) is 29.1 Å². The molecule has 6 heteroatoms. The lowest BCUT2D eigenvalue weighted by Crippen LogP contribution is -2.19. The van der Waals surface area contributed by atoms with Crippen LogP contribution < -0.4 is 10.6 Å². The number of anilines is 1. The summed E-state index contributed by atoms with van der Waals surface area (Å²) in [5.41, 5.74) is 2.25. The first-order valence-electron chi connectivity index (χ1n) is 7.02. The van der Waals surface area contributed by atoms with Crippen molar-refractivity contribution in [3.8, 4) is 0 Å². The molecule has 0 aliphatic heterocycles. The summed E-state index contributed by atoms with van der Waals surface area (Å²) in [5, 5.41) is 6.05. The molecule has 0 atom stereocenters. The molecule has 0 aliphatic carbocycles. The molecule has 0 aliphatic rings. The van der Waals surface area contributed by atoms with Crippen molar-refractivity contribution in [1.82, 2.24) is 5.32 Å². The Hall–Kier alpha value is -1.98. The highest BCUT2D eigenvalue weighted by Crippen LogP contribution is 2.16. The van der Waals surface area contributed by atoms with E-state index >= 15 is 0 Å². The van der Waals surface area contributed by atoms with Gasteiger partial charge in [0.15, 0.2) is 0 Å². The smallest absolute Gasteiger partial charge is 0.251 e. The summed E-state index contributed by atoms with van der Waals surface area (Å²) in [6.45, 7) is 0. The van der Waals surface area contributed by atoms with E-state index in [0.717, 1.165) is 11.3 Å². The average Bonchev–Trinajstić information content (AvgIpc) is 2.56. The number of benzene rings is 2. The van der Waals surface area contributed by atoms with E-state index in [0.29, 0.717) is 22.0 Å². The molecule has 2 N–H and O–H groups in total. The molecule has 0 bridgehead atoms. The van der Waals surface area contributed by atoms with E-state index in [2.05, 4.69) is 10.6 Å². The van der Waals surface area contributed by atoms with E-state index in [4.69, 9.17) is 11.6 Å². The van der Waals surface area contributed by atoms with Crippen molar-refractivity contribution in [3.63, 3.8) is 0 Å². The monoisotopic (exact) mass is 348 g/mol. The van der Waals surface area contributed by atoms with Crippen molar-refractivity contribution in [2.45, 2.75) is 5.75 Å². The molecule has 120 valence electrons. The van der Waals surface area contributed by atoms with E-state index in [1.165, 1.54) is 11.8 Å². The second-order valence-corrected chi connectivity index (χ2v) is 6.25. The van der Waals surface area contributed by atoms with Gasteiger partial charge in [0.25, 0.3) is 5.91 Å². The zero-order chi connectivity index (χ0) is 16.7. The third-order valence-electron chi connectivity index (χ3n) is 3.05. The molecule has 23 heavy (non-hydrogen) atoms. The normalized spacial score (nSPS) is 10.2. The van der Waals surface area contributed by atoms with Crippen molar-refractivity contribution in [1.29, 1.82) is 0 Å². The van der Waals surface area contributed by atoms with Crippen LogP contribution in [0.25, 0.3) is 0 Å². The van der Waals surface area contributed by atoms with Crippen LogP contribution >= 0.6 is 23.4 Å². The standard InChI is InChI=1S/C17H17ClN2O2S/c1-19-17(22)13-3-2-4-15(9-13)20-16(21)11-23-10-12-5-7-14(18)8-6-12/h2-9H,10-11H2,1H3,(H,19,22)(H,20,21). The third-order valence-corrected chi connectivity index (χ3v) is 4.31. The van der Waals surface area contributed by atoms with Gasteiger partial charge in [-0.15, -0.1) is 11.8 Å². The molecule has 2 rings (SSSR count). The highest BCUT2D eigenvalue weighted by Gasteiger charge is 2.07. The lowest BCUT2D eigenvalue weighted by Gasteiger charge is -2.07. The fraction of sp³-hybridized carbons (Fsp3) is 0.176. The van der Waals surface area contributed by atoms with Crippen LogP contribution in [0.2, 0.25) is 5.02 Å². The number of carbonyl (C=O) groups is 2. The summed E-state index contributed by atoms with van der Waals surface area (Å²) in [6, 6.07) is 14.4. The van der Waals surface area contributed by atoms with Gasteiger partial charge in [0.1, 0.15) is 0 Å². The van der Waals surface area contributed by atoms with Gasteiger partial charge < -0.3 is 10.6 Å². The lowest BCUT2D eigenvalue weighted by molar-refractivity contribution is -0.113. The van der Waals surface area contributed by atoms with E-state index in [9.17, 15) is 9.59 Å². The number of nitrogens with one attached hydrogen (secondary N) is 2. The Balaban J connectivity index is 1.82. The summed E-state index contributed by atoms with van der Waals surface area (Å²) >= 11 is 7.35. The highest BCUT2D eigenvalue weighted by molar-refractivity contribution is 7.99. The number of hydrogen-bond donors (Lipinski definition) is 2. The first kappa shape index (κ1) is 17.4. The van der Waals surface area contributed by atoms with Crippen LogP contribution in [-0.4, -0.2) is 24.6 Å². The highest BCUT2D eigenvalue weighted by atomic mass is 35.5. The molecular formula is C17H17ClN2O2S. The summed E-state index contributed by atoms with van der Waals surface area (Å²) in [5.74, 6) is 0.798. The maximum absolute atomic E-state index is 12.0. The Bertz CT molecular complexity index is 689. The fourth-order valence-electron chi connectivity index (χ4n) is 1.92. The first-order chi connectivity index (χ1) is 11.1. The molecule has 0 radical (unpaired) electrons. The molecule has 4 nitrogen and oxygen atoms in total. The van der Waals surface area contributed by atoms with Gasteiger partial charge in [0.05, 0.1) is 5.75 Å². The minimum atomic E-state index is -0.182. The predicted octanol–water partition coefficient (Wildman–Crippen LogP) is 3.57. The molecule has 2 amide bonds. The van der Waals surface area contributed by atoms with Crippen LogP contribution in [0.15, 0.2) is 48.5 Å². The number of amides is 2. The molecule has 0 unspecified atom stereocenters. The summed E-state index contributed by atoms with van der Waals surface area (Å²) in [6.07, 6.45) is 0. The van der Waals surface area contributed by atoms with Crippen LogP contribution in [0.1, 0.15) is 15.9 Å². The molecule has 0 saturated carbocycles. The maximum atomic E-state index is 12.0. The van der Waals surface area contributed by atoms with E-state index in [-0.39, 0.29) is 11.8 Å². The molecule has 0 fully saturated rings. The zero-order valence-electron chi connectivity index (χ0n) is 12.6. The van der Waals surface area contributed by atoms with Crippen LogP contribution in [0, 0.1) is 0 Å². The second-order valence-electron chi connectivity index (χ2n) is 4.83. The molecule has 0 saturated heterocycles. The van der Waals surface area contributed by atoms with Crippen LogP contribution in [0.4, 0.5) is 5.69 Å². The van der Waals surface area contributed by atoms with Gasteiger partial charge in [-0.05, 0) is 35.9 Å². The van der Waals surface area contributed by atoms with E-state index < -0.39 is 0 Å². The topological polar surface area (TPSA) is 58.2 Å². The Morgan fingerprint density at radius 3 is 2.57 bits per heavy atom. The fourth-order valence-corrected chi connectivity index (χ4v) is 2.84. The Morgan fingerprint density at radius 1 is 1.13 bits per heavy atom. The maximum Gasteiger partial charge on any atom is 0.251 e. The molecule has 0 spiro atoms. The number of rotatable bonds is 6. The summed E-state index contributed by atoms with van der Waals surface area (Å²) in [4.78, 5) is 23.5. The predicted molar refractivity (Wildman–Crippen MR) is 96.1 cm³/mol. The van der Waals surface area contributed by atoms with Crippen LogP contribution in [-0.2, 0) is 10.5 Å². The van der Waals surface area contributed by atoms with E-state index in [1.807, 2.05) is 24.3 Å². The number of carbonyl (C=O) groups excluding carboxylic acids is 2. The molecular weight excluding hydrogens is 332 g/mol. The largest absolute Gasteiger partial charge is 0.355 e. The summed E-state index contributed by atoms with van der Waals surface area (Å²) < 4.78 is 0. The van der Waals surface area contributed by atoms with Crippen molar-refractivity contribution in [2.75, 3.05) is 18.1 Å². The SMILES string of the molecule is CNC(=O)c1cccc(NC(=O)CSCc2ccc(Cl)cc2)c1. The van der Waals surface area contributed by atoms with E-state index in [1.54, 1.807) is 31.3 Å². The second kappa shape index (κ2) is 8.60. The van der Waals surface area contributed by atoms with Crippen molar-refractivity contribution in [3.05, 3.63) is 64.7 Å². The lowest BCUT2D eigenvalue weighted by atomic mass is 10.2. The van der Waals surface area contributed by atoms with Crippen molar-refractivity contribution in [2.24, 2.45) is 0 Å². The summed E-state index contributed by atoms with van der Waals surface area (Å²) in [7, 11) is 1.57. The van der Waals surface area contributed by atoms with Crippen LogP contribution in [0.3, 0.4) is 0 Å². The Kier molecular flexibility index (Phi) is 6.50. The first-order valence-corrected chi connectivity index (χ1v) is 8.56. The molecule has 0 aromatic heterocycles. The molecule has 2 aromatic carbocycles. The average molecular weight is 349 g/mol. The molecule has 0 heterocycles. The van der Waals surface area contributed by atoms with Gasteiger partial charge in [-0.25, -0.2) is 0 Å². The van der Waals surface area contributed by atoms with Gasteiger partial charge in [-0.3, -0.25) is 9.59 Å². The van der Waals surface area contributed by atoms with Gasteiger partial charge in [-0.2, -0.15) is 0 Å². The number of halogens is 1. The van der Waals surface area contributed by atoms with Crippen molar-refractivity contribution >= 4 is 40.9 Å². The van der Waals surface area contributed by atoms with Gasteiger partial charge >= 0.3 is 0 Å². The Labute approximate surface area is 144 Å². The minimum absolute atomic E-state index is 0.0991. The minimum Gasteiger partial charge on any atom is -0.355 e.